The molecular weight excluding hydrogens is 404 g/mol. The van der Waals surface area contributed by atoms with E-state index in [1.165, 1.54) is 35.4 Å². The van der Waals surface area contributed by atoms with Crippen LogP contribution in [0.4, 0.5) is 5.69 Å². The van der Waals surface area contributed by atoms with Crippen molar-refractivity contribution >= 4 is 32.5 Å². The van der Waals surface area contributed by atoms with E-state index in [1.54, 1.807) is 35.2 Å². The van der Waals surface area contributed by atoms with Crippen molar-refractivity contribution in [2.24, 2.45) is 0 Å². The van der Waals surface area contributed by atoms with Crippen LogP contribution in [0.15, 0.2) is 58.5 Å². The number of hydrogen-bond donors (Lipinski definition) is 0. The minimum absolute atomic E-state index is 0.114. The summed E-state index contributed by atoms with van der Waals surface area (Å²) in [7, 11) is -0.544. The highest BCUT2D eigenvalue weighted by Gasteiger charge is 2.27. The number of carbonyl (C=O) groups excluding carboxylic acids is 1. The van der Waals surface area contributed by atoms with E-state index in [0.29, 0.717) is 23.9 Å². The van der Waals surface area contributed by atoms with E-state index in [-0.39, 0.29) is 29.3 Å². The third-order valence-electron chi connectivity index (χ3n) is 5.32. The first kappa shape index (κ1) is 20.2. The molecule has 1 aromatic heterocycles. The Balaban J connectivity index is 1.52. The van der Waals surface area contributed by atoms with Gasteiger partial charge in [0, 0.05) is 39.3 Å². The lowest BCUT2D eigenvalue weighted by atomic mass is 10.2. The maximum Gasteiger partial charge on any atom is 0.261 e. The molecule has 0 N–H and O–H groups in total. The number of amides is 1. The van der Waals surface area contributed by atoms with E-state index in [2.05, 4.69) is 4.98 Å². The van der Waals surface area contributed by atoms with Gasteiger partial charge in [0.2, 0.25) is 15.9 Å². The van der Waals surface area contributed by atoms with Crippen LogP contribution in [0, 0.1) is 0 Å². The van der Waals surface area contributed by atoms with Crippen molar-refractivity contribution in [2.75, 3.05) is 25.5 Å². The normalized spacial score (nSPS) is 13.8. The molecule has 3 aromatic rings. The van der Waals surface area contributed by atoms with Crippen molar-refractivity contribution in [2.45, 2.75) is 24.3 Å². The number of fused-ring (bicyclic) bond motifs is 2. The lowest BCUT2D eigenvalue weighted by Gasteiger charge is -2.18. The topological polar surface area (TPSA) is 92.6 Å². The minimum Gasteiger partial charge on any atom is -0.312 e. The van der Waals surface area contributed by atoms with Gasteiger partial charge in [-0.15, -0.1) is 0 Å². The third-order valence-corrected chi connectivity index (χ3v) is 7.14. The van der Waals surface area contributed by atoms with Crippen LogP contribution in [0.5, 0.6) is 0 Å². The third kappa shape index (κ3) is 3.50. The van der Waals surface area contributed by atoms with Crippen molar-refractivity contribution in [1.29, 1.82) is 0 Å². The largest absolute Gasteiger partial charge is 0.312 e. The van der Waals surface area contributed by atoms with Crippen LogP contribution in [-0.4, -0.2) is 48.8 Å². The highest BCUT2D eigenvalue weighted by molar-refractivity contribution is 7.89. The molecule has 30 heavy (non-hydrogen) atoms. The Hall–Kier alpha value is -3.04. The van der Waals surface area contributed by atoms with Crippen molar-refractivity contribution < 1.29 is 13.2 Å². The molecule has 0 radical (unpaired) electrons. The number of aryl methyl sites for hydroxylation is 1. The molecule has 0 spiro atoms. The van der Waals surface area contributed by atoms with Crippen LogP contribution in [0.1, 0.15) is 12.0 Å². The Labute approximate surface area is 174 Å². The Bertz CT molecular complexity index is 1300. The fraction of sp³-hybridized carbons (Fsp3) is 0.286. The molecule has 1 amide bonds. The number of aromatic nitrogens is 2. The van der Waals surface area contributed by atoms with Crippen LogP contribution in [0.3, 0.4) is 0 Å². The summed E-state index contributed by atoms with van der Waals surface area (Å²) < 4.78 is 27.3. The van der Waals surface area contributed by atoms with E-state index < -0.39 is 10.0 Å². The number of anilines is 1. The number of nitrogens with zero attached hydrogens (tertiary/aromatic N) is 4. The number of benzene rings is 2. The van der Waals surface area contributed by atoms with Crippen molar-refractivity contribution in [3.8, 4) is 0 Å². The molecule has 1 aliphatic rings. The summed E-state index contributed by atoms with van der Waals surface area (Å²) in [6, 6.07) is 11.9. The van der Waals surface area contributed by atoms with Crippen LogP contribution in [-0.2, 0) is 27.8 Å². The fourth-order valence-electron chi connectivity index (χ4n) is 3.62. The van der Waals surface area contributed by atoms with Gasteiger partial charge in [0.25, 0.3) is 5.56 Å². The smallest absolute Gasteiger partial charge is 0.261 e. The predicted molar refractivity (Wildman–Crippen MR) is 114 cm³/mol. The number of para-hydroxylation sites is 1. The molecule has 0 saturated heterocycles. The predicted octanol–water partition coefficient (Wildman–Crippen LogP) is 1.63. The van der Waals surface area contributed by atoms with Crippen molar-refractivity contribution in [3.63, 3.8) is 0 Å². The lowest BCUT2D eigenvalue weighted by molar-refractivity contribution is -0.118. The Morgan fingerprint density at radius 2 is 1.93 bits per heavy atom. The highest BCUT2D eigenvalue weighted by atomic mass is 32.2. The summed E-state index contributed by atoms with van der Waals surface area (Å²) in [5.74, 6) is -0.114. The van der Waals surface area contributed by atoms with Crippen molar-refractivity contribution in [3.05, 3.63) is 64.7 Å². The van der Waals surface area contributed by atoms with Gasteiger partial charge in [0.05, 0.1) is 22.1 Å². The van der Waals surface area contributed by atoms with Crippen LogP contribution in [0.2, 0.25) is 0 Å². The van der Waals surface area contributed by atoms with Gasteiger partial charge in [-0.1, -0.05) is 12.1 Å². The van der Waals surface area contributed by atoms with Crippen molar-refractivity contribution in [1.82, 2.24) is 13.9 Å². The second kappa shape index (κ2) is 7.66. The maximum atomic E-state index is 12.8. The molecule has 0 fully saturated rings. The Kier molecular flexibility index (Phi) is 5.17. The molecule has 8 nitrogen and oxygen atoms in total. The molecule has 2 aromatic carbocycles. The van der Waals surface area contributed by atoms with Gasteiger partial charge in [-0.2, -0.15) is 0 Å². The van der Waals surface area contributed by atoms with Crippen LogP contribution >= 0.6 is 0 Å². The van der Waals surface area contributed by atoms with Gasteiger partial charge in [-0.05, 0) is 42.3 Å². The second-order valence-corrected chi connectivity index (χ2v) is 9.54. The average Bonchev–Trinajstić information content (AvgIpc) is 3.16. The Morgan fingerprint density at radius 3 is 2.70 bits per heavy atom. The molecule has 2 heterocycles. The van der Waals surface area contributed by atoms with E-state index in [1.807, 2.05) is 6.07 Å². The van der Waals surface area contributed by atoms with Crippen LogP contribution < -0.4 is 10.5 Å². The molecule has 0 aliphatic carbocycles. The molecule has 0 saturated carbocycles. The van der Waals surface area contributed by atoms with Gasteiger partial charge < -0.3 is 4.90 Å². The molecule has 4 rings (SSSR count). The summed E-state index contributed by atoms with van der Waals surface area (Å²) in [6.45, 7) is 0.721. The summed E-state index contributed by atoms with van der Waals surface area (Å²) in [5, 5.41) is 0.522. The monoisotopic (exact) mass is 426 g/mol. The minimum atomic E-state index is -3.52. The van der Waals surface area contributed by atoms with E-state index in [4.69, 9.17) is 0 Å². The van der Waals surface area contributed by atoms with Gasteiger partial charge in [0.1, 0.15) is 0 Å². The van der Waals surface area contributed by atoms with E-state index >= 15 is 0 Å². The first-order valence-corrected chi connectivity index (χ1v) is 11.0. The SMILES string of the molecule is CN(C)S(=O)(=O)c1ccc2c(c1)CCN2C(=O)CCn1cnc2ccccc2c1=O. The quantitative estimate of drug-likeness (QED) is 0.618. The van der Waals surface area contributed by atoms with E-state index in [9.17, 15) is 18.0 Å². The molecule has 1 aliphatic heterocycles. The maximum absolute atomic E-state index is 12.8. The summed E-state index contributed by atoms with van der Waals surface area (Å²) in [6.07, 6.45) is 2.21. The van der Waals surface area contributed by atoms with Gasteiger partial charge in [-0.25, -0.2) is 17.7 Å². The first-order chi connectivity index (χ1) is 14.3. The molecule has 0 bridgehead atoms. The number of hydrogen-bond acceptors (Lipinski definition) is 5. The Morgan fingerprint density at radius 1 is 1.17 bits per heavy atom. The number of rotatable bonds is 5. The fourth-order valence-corrected chi connectivity index (χ4v) is 4.58. The molecule has 0 atom stereocenters. The standard InChI is InChI=1S/C21H22N4O4S/c1-23(2)30(28,29)16-7-8-19-15(13-16)9-12-25(19)20(26)10-11-24-14-22-18-6-4-3-5-17(18)21(24)27/h3-8,13-14H,9-12H2,1-2H3. The molecular formula is C21H22N4O4S. The molecule has 9 heteroatoms. The molecule has 0 unspecified atom stereocenters. The molecule has 156 valence electrons. The van der Waals surface area contributed by atoms with Gasteiger partial charge in [0.15, 0.2) is 0 Å². The highest BCUT2D eigenvalue weighted by Crippen LogP contribution is 2.31. The number of carbonyl (C=O) groups is 1. The second-order valence-electron chi connectivity index (χ2n) is 7.38. The lowest BCUT2D eigenvalue weighted by Crippen LogP contribution is -2.31. The van der Waals surface area contributed by atoms with Crippen LogP contribution in [0.25, 0.3) is 10.9 Å². The summed E-state index contributed by atoms with van der Waals surface area (Å²) in [5.41, 5.74) is 2.01. The zero-order valence-electron chi connectivity index (χ0n) is 16.8. The van der Waals surface area contributed by atoms with E-state index in [0.717, 1.165) is 11.3 Å². The van der Waals surface area contributed by atoms with Gasteiger partial charge in [-0.3, -0.25) is 14.2 Å². The summed E-state index contributed by atoms with van der Waals surface area (Å²) in [4.78, 5) is 31.5. The zero-order chi connectivity index (χ0) is 21.5. The summed E-state index contributed by atoms with van der Waals surface area (Å²) >= 11 is 0. The average molecular weight is 426 g/mol. The first-order valence-electron chi connectivity index (χ1n) is 9.59. The number of sulfonamides is 1. The van der Waals surface area contributed by atoms with Gasteiger partial charge >= 0.3 is 0 Å². The zero-order valence-corrected chi connectivity index (χ0v) is 17.6.